The molecule has 1 heterocycles. The van der Waals surface area contributed by atoms with Gasteiger partial charge in [0.2, 0.25) is 0 Å². The van der Waals surface area contributed by atoms with E-state index >= 15 is 0 Å². The number of amides is 1. The van der Waals surface area contributed by atoms with Crippen molar-refractivity contribution in [2.75, 3.05) is 5.32 Å². The lowest BCUT2D eigenvalue weighted by atomic mass is 10.1. The highest BCUT2D eigenvalue weighted by atomic mass is 32.1. The third-order valence-corrected chi connectivity index (χ3v) is 4.64. The number of aliphatic hydroxyl groups is 1. The molecule has 0 spiro atoms. The number of rotatable bonds is 5. The van der Waals surface area contributed by atoms with Gasteiger partial charge in [0.15, 0.2) is 5.11 Å². The molecule has 0 unspecified atom stereocenters. The predicted octanol–water partition coefficient (Wildman–Crippen LogP) is 4.44. The Morgan fingerprint density at radius 3 is 2.50 bits per heavy atom. The molecule has 0 saturated heterocycles. The number of aryl methyl sites for hydroxylation is 2. The van der Waals surface area contributed by atoms with E-state index < -0.39 is 0 Å². The predicted molar refractivity (Wildman–Crippen MR) is 114 cm³/mol. The zero-order chi connectivity index (χ0) is 20.1. The van der Waals surface area contributed by atoms with Crippen molar-refractivity contribution in [1.82, 2.24) is 5.32 Å². The third-order valence-electron chi connectivity index (χ3n) is 4.44. The molecule has 3 N–H and O–H groups in total. The van der Waals surface area contributed by atoms with E-state index in [2.05, 4.69) is 17.6 Å². The molecule has 5 nitrogen and oxygen atoms in total. The molecular weight excluding hydrogens is 372 g/mol. The number of furan rings is 1. The summed E-state index contributed by atoms with van der Waals surface area (Å²) < 4.78 is 5.58. The number of carbonyl (C=O) groups is 1. The van der Waals surface area contributed by atoms with Gasteiger partial charge in [0, 0.05) is 16.8 Å². The van der Waals surface area contributed by atoms with Gasteiger partial charge in [0.1, 0.15) is 18.1 Å². The highest BCUT2D eigenvalue weighted by molar-refractivity contribution is 7.80. The number of nitrogens with one attached hydrogen (secondary N) is 2. The van der Waals surface area contributed by atoms with Crippen molar-refractivity contribution in [3.8, 4) is 11.3 Å². The number of carbonyl (C=O) groups excluding carboxylic acids is 1. The first-order chi connectivity index (χ1) is 13.5. The molecule has 0 aliphatic carbocycles. The number of benzene rings is 2. The summed E-state index contributed by atoms with van der Waals surface area (Å²) in [5, 5.41) is 15.2. The monoisotopic (exact) mass is 394 g/mol. The lowest BCUT2D eigenvalue weighted by Gasteiger charge is -2.13. The Morgan fingerprint density at radius 2 is 1.86 bits per heavy atom. The maximum atomic E-state index is 12.4. The van der Waals surface area contributed by atoms with Gasteiger partial charge in [-0.25, -0.2) is 0 Å². The molecule has 3 rings (SSSR count). The summed E-state index contributed by atoms with van der Waals surface area (Å²) in [4.78, 5) is 12.4. The van der Waals surface area contributed by atoms with E-state index in [4.69, 9.17) is 21.7 Å². The second-order valence-electron chi connectivity index (χ2n) is 6.41. The fraction of sp³-hybridized carbons (Fsp3) is 0.182. The standard InChI is InChI=1S/C22H22N2O3S/c1-3-15-5-8-16(9-6-15)21(26)24-22(28)23-19-12-17(7-4-14(19)2)20-11-10-18(13-25)27-20/h4-12,25H,3,13H2,1-2H3,(H2,23,24,26,28). The second-order valence-corrected chi connectivity index (χ2v) is 6.82. The molecule has 6 heteroatoms. The number of hydrogen-bond donors (Lipinski definition) is 3. The highest BCUT2D eigenvalue weighted by Gasteiger charge is 2.11. The second kappa shape index (κ2) is 8.82. The van der Waals surface area contributed by atoms with Crippen molar-refractivity contribution in [2.24, 2.45) is 0 Å². The Balaban J connectivity index is 1.70. The summed E-state index contributed by atoms with van der Waals surface area (Å²) in [6, 6.07) is 16.7. The average Bonchev–Trinajstić information content (AvgIpc) is 3.19. The van der Waals surface area contributed by atoms with Gasteiger partial charge in [0.25, 0.3) is 5.91 Å². The van der Waals surface area contributed by atoms with Crippen LogP contribution in [-0.2, 0) is 13.0 Å². The van der Waals surface area contributed by atoms with Crippen molar-refractivity contribution in [2.45, 2.75) is 26.9 Å². The molecule has 1 aromatic heterocycles. The van der Waals surface area contributed by atoms with E-state index in [-0.39, 0.29) is 17.6 Å². The van der Waals surface area contributed by atoms with Crippen molar-refractivity contribution in [1.29, 1.82) is 0 Å². The van der Waals surface area contributed by atoms with Crippen LogP contribution in [-0.4, -0.2) is 16.1 Å². The molecule has 0 saturated carbocycles. The van der Waals surface area contributed by atoms with E-state index in [9.17, 15) is 4.79 Å². The van der Waals surface area contributed by atoms with Crippen LogP contribution in [0, 0.1) is 6.92 Å². The van der Waals surface area contributed by atoms with Gasteiger partial charge in [0.05, 0.1) is 0 Å². The SMILES string of the molecule is CCc1ccc(C(=O)NC(=S)Nc2cc(-c3ccc(CO)o3)ccc2C)cc1. The molecule has 144 valence electrons. The van der Waals surface area contributed by atoms with Crippen molar-refractivity contribution >= 4 is 28.9 Å². The molecule has 1 amide bonds. The van der Waals surface area contributed by atoms with Crippen LogP contribution in [0.1, 0.15) is 34.2 Å². The van der Waals surface area contributed by atoms with Crippen LogP contribution in [0.5, 0.6) is 0 Å². The number of anilines is 1. The Morgan fingerprint density at radius 1 is 1.11 bits per heavy atom. The highest BCUT2D eigenvalue weighted by Crippen LogP contribution is 2.27. The molecule has 0 fully saturated rings. The molecule has 0 aliphatic heterocycles. The molecule has 0 aliphatic rings. The molecule has 0 bridgehead atoms. The van der Waals surface area contributed by atoms with E-state index in [1.54, 1.807) is 24.3 Å². The molecule has 0 atom stereocenters. The van der Waals surface area contributed by atoms with Crippen LogP contribution in [0.2, 0.25) is 0 Å². The Kier molecular flexibility index (Phi) is 6.23. The summed E-state index contributed by atoms with van der Waals surface area (Å²) in [7, 11) is 0. The normalized spacial score (nSPS) is 10.5. The number of aliphatic hydroxyl groups excluding tert-OH is 1. The lowest BCUT2D eigenvalue weighted by molar-refractivity contribution is 0.0977. The van der Waals surface area contributed by atoms with Crippen LogP contribution < -0.4 is 10.6 Å². The summed E-state index contributed by atoms with van der Waals surface area (Å²) >= 11 is 5.30. The topological polar surface area (TPSA) is 74.5 Å². The maximum absolute atomic E-state index is 12.4. The van der Waals surface area contributed by atoms with Crippen LogP contribution in [0.3, 0.4) is 0 Å². The first kappa shape index (κ1) is 19.8. The number of hydrogen-bond acceptors (Lipinski definition) is 4. The van der Waals surface area contributed by atoms with E-state index in [1.165, 1.54) is 5.56 Å². The van der Waals surface area contributed by atoms with Crippen molar-refractivity contribution < 1.29 is 14.3 Å². The van der Waals surface area contributed by atoms with E-state index in [1.807, 2.05) is 37.3 Å². The van der Waals surface area contributed by atoms with Gasteiger partial charge in [-0.3, -0.25) is 10.1 Å². The van der Waals surface area contributed by atoms with Crippen LogP contribution in [0.4, 0.5) is 5.69 Å². The van der Waals surface area contributed by atoms with Crippen LogP contribution in [0.15, 0.2) is 59.0 Å². The molecule has 3 aromatic rings. The first-order valence-electron chi connectivity index (χ1n) is 9.02. The van der Waals surface area contributed by atoms with Gasteiger partial charge in [-0.2, -0.15) is 0 Å². The average molecular weight is 394 g/mol. The van der Waals surface area contributed by atoms with Gasteiger partial charge in [-0.1, -0.05) is 31.2 Å². The van der Waals surface area contributed by atoms with Gasteiger partial charge in [-0.05, 0) is 67.0 Å². The zero-order valence-electron chi connectivity index (χ0n) is 15.8. The summed E-state index contributed by atoms with van der Waals surface area (Å²) in [6.45, 7) is 3.87. The van der Waals surface area contributed by atoms with E-state index in [0.29, 0.717) is 17.1 Å². The Hall–Kier alpha value is -2.96. The van der Waals surface area contributed by atoms with Gasteiger partial charge in [-0.15, -0.1) is 0 Å². The number of thiocarbonyl (C=S) groups is 1. The molecule has 28 heavy (non-hydrogen) atoms. The largest absolute Gasteiger partial charge is 0.459 e. The summed E-state index contributed by atoms with van der Waals surface area (Å²) in [5.74, 6) is 0.896. The molecule has 0 radical (unpaired) electrons. The smallest absolute Gasteiger partial charge is 0.257 e. The van der Waals surface area contributed by atoms with Gasteiger partial charge >= 0.3 is 0 Å². The van der Waals surface area contributed by atoms with Gasteiger partial charge < -0.3 is 14.8 Å². The quantitative estimate of drug-likeness (QED) is 0.558. The molecule has 2 aromatic carbocycles. The Labute approximate surface area is 169 Å². The van der Waals surface area contributed by atoms with E-state index in [0.717, 1.165) is 23.2 Å². The minimum Gasteiger partial charge on any atom is -0.459 e. The fourth-order valence-corrected chi connectivity index (χ4v) is 2.95. The lowest BCUT2D eigenvalue weighted by Crippen LogP contribution is -2.34. The first-order valence-corrected chi connectivity index (χ1v) is 9.43. The van der Waals surface area contributed by atoms with Crippen LogP contribution in [0.25, 0.3) is 11.3 Å². The minimum absolute atomic E-state index is 0.147. The summed E-state index contributed by atoms with van der Waals surface area (Å²) in [6.07, 6.45) is 0.924. The Bertz CT molecular complexity index is 993. The van der Waals surface area contributed by atoms with Crippen molar-refractivity contribution in [3.63, 3.8) is 0 Å². The summed E-state index contributed by atoms with van der Waals surface area (Å²) in [5.41, 5.74) is 4.32. The zero-order valence-corrected chi connectivity index (χ0v) is 16.6. The molecular formula is C22H22N2O3S. The van der Waals surface area contributed by atoms with Crippen LogP contribution >= 0.6 is 12.2 Å². The minimum atomic E-state index is -0.257. The third kappa shape index (κ3) is 4.65. The maximum Gasteiger partial charge on any atom is 0.257 e. The van der Waals surface area contributed by atoms with Crippen molar-refractivity contribution in [3.05, 3.63) is 77.0 Å². The fourth-order valence-electron chi connectivity index (χ4n) is 2.75.